The van der Waals surface area contributed by atoms with Crippen LogP contribution in [0.25, 0.3) is 0 Å². The topological polar surface area (TPSA) is 92.3 Å². The van der Waals surface area contributed by atoms with Crippen LogP contribution < -0.4 is 0 Å². The zero-order valence-corrected chi connectivity index (χ0v) is 68.0. The lowest BCUT2D eigenvalue weighted by molar-refractivity contribution is -0.130. The first-order chi connectivity index (χ1) is 56.1. The normalized spacial score (nSPS) is 34.0. The molecule has 10 heteroatoms. The SMILES string of the molecule is C[C@@H]1[C@H](C)C2(c3ccc(C4(c5ccccc5)OCCO4)cc3)C3=C4C5=C6C3C(c3ccc(C7(c8ccccc8)OCCO7)cc3)([C@H](C)[C@H](C)C6(c3ccc(C6(c7ccccc7)OCCO6)cc3)[C@H](C)[C@H](C)C5(c3ccc(C5(c6ccccc6)OCCO5)cc3)[C@H](C)[C@H](C)C41c1ccc(C3(c4ccccc4)OCCO3)cc1)[C@@H](C)[C@H]2C. The average molecular weight is 1530 g/mol. The molecule has 0 aromatic heterocycles. The van der Waals surface area contributed by atoms with Crippen molar-refractivity contribution in [1.82, 2.24) is 0 Å². The fourth-order valence-corrected chi connectivity index (χ4v) is 27.5. The molecule has 115 heavy (non-hydrogen) atoms. The van der Waals surface area contributed by atoms with Crippen molar-refractivity contribution in [2.75, 3.05) is 66.1 Å². The van der Waals surface area contributed by atoms with E-state index in [1.165, 1.54) is 27.8 Å². The minimum Gasteiger partial charge on any atom is -0.340 e. The Labute approximate surface area is 678 Å². The van der Waals surface area contributed by atoms with Crippen molar-refractivity contribution >= 4 is 0 Å². The number of hydrogen-bond donors (Lipinski definition) is 0. The van der Waals surface area contributed by atoms with Gasteiger partial charge in [0.2, 0.25) is 28.9 Å². The number of allylic oxidation sites excluding steroid dienone is 4. The zero-order valence-electron chi connectivity index (χ0n) is 68.0. The van der Waals surface area contributed by atoms with Crippen LogP contribution in [0.5, 0.6) is 0 Å². The monoisotopic (exact) mass is 1530 g/mol. The third kappa shape index (κ3) is 9.37. The maximum Gasteiger partial charge on any atom is 0.222 e. The van der Waals surface area contributed by atoms with Crippen molar-refractivity contribution < 1.29 is 47.4 Å². The van der Waals surface area contributed by atoms with Crippen LogP contribution in [0.3, 0.4) is 0 Å². The minimum atomic E-state index is -1.07. The molecule has 0 amide bonds. The summed E-state index contributed by atoms with van der Waals surface area (Å²) in [5.41, 5.74) is 20.2. The molecule has 5 saturated heterocycles. The highest BCUT2D eigenvalue weighted by Gasteiger charge is 2.82. The molecule has 10 nitrogen and oxygen atoms in total. The van der Waals surface area contributed by atoms with Gasteiger partial charge >= 0.3 is 0 Å². The minimum absolute atomic E-state index is 0.0604. The number of hydrogen-bond acceptors (Lipinski definition) is 10. The van der Waals surface area contributed by atoms with Crippen LogP contribution in [-0.4, -0.2) is 66.1 Å². The predicted molar refractivity (Wildman–Crippen MR) is 445 cm³/mol. The highest BCUT2D eigenvalue weighted by Crippen LogP contribution is 2.86. The second-order valence-electron chi connectivity index (χ2n) is 35.6. The standard InChI is InChI=1S/C105H106O10/c1-66-67(2)97(77-38-48-87(49-39-77)102(108-58-59-109-102)82-28-18-12-19-29-82)70(5)71(6)99(79-42-52-89(53-43-79)104(112-62-63-113-104)84-32-22-14-23-33-84)74(9)75(10)100(80-44-54-90(55-45-80)105(114-64-65-115-105)85-34-24-15-25-35-85)73(8)72(7)98(78-40-50-88(51-41-78)103(110-60-61-111-103)83-30-20-13-21-31-83)69(4)68(3)96(66,91-92(97)94(99)95(100)93(91)98)76-36-46-86(47-37-76)101(106-56-57-107-101)81-26-16-11-17-27-81/h11-55,66-75,91H,56-65H2,1-10H3/t66-,67+,68+,69-,70-,71+,72+,73-,74-,75+,91?,96?,97?,98?,99?,100?. The summed E-state index contributed by atoms with van der Waals surface area (Å²) in [6.45, 7) is 31.9. The second-order valence-corrected chi connectivity index (χ2v) is 35.6. The van der Waals surface area contributed by atoms with Gasteiger partial charge in [0.15, 0.2) is 0 Å². The molecular formula is C105H106O10. The molecule has 16 atom stereocenters. The van der Waals surface area contributed by atoms with E-state index in [1.54, 1.807) is 22.3 Å². The predicted octanol–water partition coefficient (Wildman–Crippen LogP) is 20.6. The zero-order chi connectivity index (χ0) is 78.3. The molecule has 0 spiro atoms. The highest BCUT2D eigenvalue weighted by atomic mass is 16.8. The summed E-state index contributed by atoms with van der Waals surface area (Å²) in [6.07, 6.45) is 0. The smallest absolute Gasteiger partial charge is 0.222 e. The van der Waals surface area contributed by atoms with Gasteiger partial charge in [-0.15, -0.1) is 0 Å². The lowest BCUT2D eigenvalue weighted by Crippen LogP contribution is -2.70. The van der Waals surface area contributed by atoms with E-state index in [4.69, 9.17) is 47.4 Å². The van der Waals surface area contributed by atoms with E-state index in [9.17, 15) is 0 Å². The molecule has 586 valence electrons. The van der Waals surface area contributed by atoms with Crippen LogP contribution in [0.2, 0.25) is 0 Å². The van der Waals surface area contributed by atoms with Gasteiger partial charge in [-0.1, -0.05) is 342 Å². The van der Waals surface area contributed by atoms with E-state index in [1.807, 2.05) is 0 Å². The summed E-state index contributed by atoms with van der Waals surface area (Å²) >= 11 is 0. The Hall–Kier alpha value is -8.72. The third-order valence-electron chi connectivity index (χ3n) is 32.5. The van der Waals surface area contributed by atoms with Gasteiger partial charge in [-0.3, -0.25) is 0 Å². The van der Waals surface area contributed by atoms with E-state index < -0.39 is 56.0 Å². The van der Waals surface area contributed by atoms with Crippen LogP contribution in [0.1, 0.15) is 153 Å². The first kappa shape index (κ1) is 73.9. The van der Waals surface area contributed by atoms with Gasteiger partial charge in [0.1, 0.15) is 0 Å². The van der Waals surface area contributed by atoms with E-state index in [0.29, 0.717) is 66.1 Å². The molecule has 3 saturated carbocycles. The van der Waals surface area contributed by atoms with Crippen molar-refractivity contribution in [2.45, 2.75) is 125 Å². The third-order valence-corrected chi connectivity index (χ3v) is 32.5. The quantitative estimate of drug-likeness (QED) is 0.0988. The Balaban J connectivity index is 0.898. The maximum atomic E-state index is 6.93. The van der Waals surface area contributed by atoms with Crippen LogP contribution in [0.15, 0.2) is 295 Å². The first-order valence-electron chi connectivity index (χ1n) is 42.8. The molecule has 10 aromatic carbocycles. The number of rotatable bonds is 15. The Kier molecular flexibility index (Phi) is 17.3. The molecule has 21 rings (SSSR count). The van der Waals surface area contributed by atoms with Crippen molar-refractivity contribution in [3.05, 3.63) is 379 Å². The summed E-state index contributed by atoms with van der Waals surface area (Å²) in [4.78, 5) is 0. The highest BCUT2D eigenvalue weighted by molar-refractivity contribution is 5.79. The van der Waals surface area contributed by atoms with Crippen molar-refractivity contribution in [3.8, 4) is 0 Å². The molecule has 0 bridgehead atoms. The van der Waals surface area contributed by atoms with Crippen molar-refractivity contribution in [1.29, 1.82) is 0 Å². The number of ether oxygens (including phenoxy) is 10. The van der Waals surface area contributed by atoms with Crippen LogP contribution >= 0.6 is 0 Å². The fourth-order valence-electron chi connectivity index (χ4n) is 27.5. The van der Waals surface area contributed by atoms with Gasteiger partial charge < -0.3 is 47.4 Å². The number of benzene rings is 10. The molecule has 8 fully saturated rings. The van der Waals surface area contributed by atoms with Crippen LogP contribution in [-0.2, 0) is 103 Å². The van der Waals surface area contributed by atoms with Crippen molar-refractivity contribution in [2.24, 2.45) is 65.1 Å². The van der Waals surface area contributed by atoms with E-state index in [0.717, 1.165) is 55.6 Å². The Bertz CT molecular complexity index is 5070. The van der Waals surface area contributed by atoms with Gasteiger partial charge in [-0.2, -0.15) is 0 Å². The molecule has 0 radical (unpaired) electrons. The summed E-state index contributed by atoms with van der Waals surface area (Å²) in [5, 5.41) is 0. The molecule has 11 aliphatic rings. The summed E-state index contributed by atoms with van der Waals surface area (Å²) in [5.74, 6) is -4.79. The van der Waals surface area contributed by atoms with Gasteiger partial charge in [0.05, 0.1) is 66.1 Å². The average Bonchev–Trinajstić information content (AvgIpc) is 1.44. The lowest BCUT2D eigenvalue weighted by atomic mass is 9.30. The Morgan fingerprint density at radius 3 is 0.539 bits per heavy atom. The lowest BCUT2D eigenvalue weighted by Gasteiger charge is -2.72. The summed E-state index contributed by atoms with van der Waals surface area (Å²) in [6, 6.07) is 102. The van der Waals surface area contributed by atoms with E-state index in [-0.39, 0.29) is 65.1 Å². The van der Waals surface area contributed by atoms with Gasteiger partial charge in [-0.05, 0) is 109 Å². The second kappa shape index (κ2) is 26.9. The Morgan fingerprint density at radius 1 is 0.174 bits per heavy atom. The summed E-state index contributed by atoms with van der Waals surface area (Å²) < 4.78 is 69.2. The largest absolute Gasteiger partial charge is 0.340 e. The van der Waals surface area contributed by atoms with Gasteiger partial charge in [-0.25, -0.2) is 0 Å². The van der Waals surface area contributed by atoms with Crippen LogP contribution in [0.4, 0.5) is 0 Å². The Morgan fingerprint density at radius 2 is 0.330 bits per heavy atom. The molecule has 0 N–H and O–H groups in total. The molecule has 6 aliphatic carbocycles. The molecule has 5 heterocycles. The first-order valence-corrected chi connectivity index (χ1v) is 42.8. The van der Waals surface area contributed by atoms with E-state index in [2.05, 4.69) is 342 Å². The maximum absolute atomic E-state index is 6.93. The van der Waals surface area contributed by atoms with Crippen molar-refractivity contribution in [3.63, 3.8) is 0 Å². The van der Waals surface area contributed by atoms with Crippen LogP contribution in [0, 0.1) is 65.1 Å². The van der Waals surface area contributed by atoms with Gasteiger partial charge in [0, 0.05) is 88.6 Å². The molecule has 10 aromatic rings. The molecular weight excluding hydrogens is 1420 g/mol. The fraction of sp³-hybridized carbons (Fsp3) is 0.390. The van der Waals surface area contributed by atoms with Gasteiger partial charge in [0.25, 0.3) is 0 Å². The molecule has 6 unspecified atom stereocenters. The molecule has 5 aliphatic heterocycles. The summed E-state index contributed by atoms with van der Waals surface area (Å²) in [7, 11) is 0. The van der Waals surface area contributed by atoms with E-state index >= 15 is 0 Å².